The van der Waals surface area contributed by atoms with E-state index in [0.29, 0.717) is 23.9 Å². The van der Waals surface area contributed by atoms with Crippen LogP contribution in [-0.2, 0) is 18.4 Å². The maximum Gasteiger partial charge on any atom is 0.472 e. The number of allylic oxidation sites excluding steroid dienone is 12. The molecule has 0 aromatic carbocycles. The molecule has 0 radical (unpaired) electrons. The Morgan fingerprint density at radius 1 is 0.515 bits per heavy atom. The Morgan fingerprint density at radius 2 is 0.882 bits per heavy atom. The van der Waals surface area contributed by atoms with Gasteiger partial charge in [0.05, 0.1) is 39.9 Å². The van der Waals surface area contributed by atoms with Gasteiger partial charge in [0, 0.05) is 6.42 Å². The molecule has 396 valence electrons. The number of phosphoric ester groups is 1. The largest absolute Gasteiger partial charge is 0.472 e. The summed E-state index contributed by atoms with van der Waals surface area (Å²) in [5.74, 6) is -0.150. The number of aliphatic hydroxyl groups is 1. The summed E-state index contributed by atoms with van der Waals surface area (Å²) in [6, 6.07) is -0.767. The van der Waals surface area contributed by atoms with Crippen molar-refractivity contribution in [2.75, 3.05) is 40.9 Å². The minimum absolute atomic E-state index is 0.0713. The molecule has 8 nitrogen and oxygen atoms in total. The minimum atomic E-state index is -4.33. The first-order valence-electron chi connectivity index (χ1n) is 28.3. The molecule has 1 amide bonds. The smallest absolute Gasteiger partial charge is 0.391 e. The Balaban J connectivity index is 4.18. The predicted octanol–water partition coefficient (Wildman–Crippen LogP) is 17.1. The summed E-state index contributed by atoms with van der Waals surface area (Å²) < 4.78 is 23.8. The summed E-state index contributed by atoms with van der Waals surface area (Å²) in [4.78, 5) is 23.3. The number of hydrogen-bond acceptors (Lipinski definition) is 5. The average Bonchev–Trinajstić information content (AvgIpc) is 3.30. The SMILES string of the molecule is CC/C=C\C/C=C\C/C=C\C/C=C\C/C=C\C/C=C\CCCCCCCCCCCCC(=O)NC(COP(=O)(O)OCC[N+](C)(C)C)C(O)CCCCCCCCCCCCCCCCCCC. The van der Waals surface area contributed by atoms with Crippen molar-refractivity contribution >= 4 is 13.7 Å². The van der Waals surface area contributed by atoms with Crippen LogP contribution in [0.4, 0.5) is 0 Å². The van der Waals surface area contributed by atoms with Crippen molar-refractivity contribution in [1.82, 2.24) is 5.32 Å². The van der Waals surface area contributed by atoms with Gasteiger partial charge >= 0.3 is 7.82 Å². The first kappa shape index (κ1) is 65.9. The Hall–Kier alpha value is -2.06. The van der Waals surface area contributed by atoms with Gasteiger partial charge in [0.2, 0.25) is 5.91 Å². The number of aliphatic hydroxyl groups excluding tert-OH is 1. The van der Waals surface area contributed by atoms with Crippen molar-refractivity contribution < 1.29 is 32.9 Å². The third-order valence-corrected chi connectivity index (χ3v) is 13.5. The topological polar surface area (TPSA) is 105 Å². The molecule has 0 fully saturated rings. The lowest BCUT2D eigenvalue weighted by Crippen LogP contribution is -2.46. The lowest BCUT2D eigenvalue weighted by molar-refractivity contribution is -0.870. The van der Waals surface area contributed by atoms with Crippen molar-refractivity contribution in [3.8, 4) is 0 Å². The molecule has 0 rings (SSSR count). The van der Waals surface area contributed by atoms with Crippen LogP contribution in [0.3, 0.4) is 0 Å². The predicted molar refractivity (Wildman–Crippen MR) is 295 cm³/mol. The van der Waals surface area contributed by atoms with E-state index in [9.17, 15) is 19.4 Å². The highest BCUT2D eigenvalue weighted by molar-refractivity contribution is 7.47. The third kappa shape index (κ3) is 51.8. The maximum atomic E-state index is 13.0. The molecular weight excluding hydrogens is 864 g/mol. The lowest BCUT2D eigenvalue weighted by atomic mass is 10.0. The molecule has 3 atom stereocenters. The van der Waals surface area contributed by atoms with E-state index in [-0.39, 0.29) is 19.1 Å². The van der Waals surface area contributed by atoms with Crippen molar-refractivity contribution in [1.29, 1.82) is 0 Å². The second kappa shape index (κ2) is 49.9. The number of hydrogen-bond donors (Lipinski definition) is 3. The number of unbranched alkanes of at least 4 members (excludes halogenated alkanes) is 26. The normalized spacial score (nSPS) is 14.5. The summed E-state index contributed by atoms with van der Waals surface area (Å²) in [6.45, 7) is 4.78. The van der Waals surface area contributed by atoms with Gasteiger partial charge in [0.25, 0.3) is 0 Å². The number of amides is 1. The van der Waals surface area contributed by atoms with Crippen LogP contribution in [0.1, 0.15) is 245 Å². The summed E-state index contributed by atoms with van der Waals surface area (Å²) in [7, 11) is 1.61. The molecule has 0 aliphatic rings. The van der Waals surface area contributed by atoms with Crippen LogP contribution in [0.2, 0.25) is 0 Å². The van der Waals surface area contributed by atoms with Crippen LogP contribution in [0.5, 0.6) is 0 Å². The standard InChI is InChI=1S/C59H109N2O6P/c1-6-8-10-12-14-16-18-20-22-24-25-26-27-28-29-30-31-32-33-34-35-37-39-41-43-45-47-49-51-53-59(63)60-57(56-67-68(64,65)66-55-54-61(3,4)5)58(62)52-50-48-46-44-42-40-38-36-23-21-19-17-15-13-11-9-7-2/h8,10,14,16,20,22,25-26,28-29,31-32,57-58,62H,6-7,9,11-13,15,17-19,21,23-24,27,30,33-56H2,1-5H3,(H-,60,63,64,65)/p+1/b10-8-,16-14-,22-20-,26-25-,29-28-,32-31-. The molecule has 0 heterocycles. The maximum absolute atomic E-state index is 13.0. The highest BCUT2D eigenvalue weighted by atomic mass is 31.2. The van der Waals surface area contributed by atoms with E-state index in [4.69, 9.17) is 9.05 Å². The molecule has 0 aromatic rings. The average molecular weight is 975 g/mol. The molecule has 9 heteroatoms. The third-order valence-electron chi connectivity index (χ3n) is 12.5. The van der Waals surface area contributed by atoms with E-state index in [1.165, 1.54) is 141 Å². The highest BCUT2D eigenvalue weighted by Crippen LogP contribution is 2.43. The molecule has 0 aliphatic heterocycles. The molecule has 0 aromatic heterocycles. The number of likely N-dealkylation sites (N-methyl/N-ethyl adjacent to an activating group) is 1. The summed E-state index contributed by atoms with van der Waals surface area (Å²) in [5, 5.41) is 14.1. The quantitative estimate of drug-likeness (QED) is 0.0243. The number of rotatable bonds is 51. The first-order chi connectivity index (χ1) is 33.0. The number of nitrogens with zero attached hydrogens (tertiary/aromatic N) is 1. The molecule has 0 saturated heterocycles. The van der Waals surface area contributed by atoms with Crippen LogP contribution in [-0.4, -0.2) is 73.4 Å². The van der Waals surface area contributed by atoms with Crippen LogP contribution in [0, 0.1) is 0 Å². The second-order valence-electron chi connectivity index (χ2n) is 20.3. The Labute approximate surface area is 421 Å². The number of carbonyl (C=O) groups is 1. The number of quaternary nitrogens is 1. The van der Waals surface area contributed by atoms with Gasteiger partial charge in [-0.25, -0.2) is 4.57 Å². The van der Waals surface area contributed by atoms with E-state index in [1.807, 2.05) is 21.1 Å². The fourth-order valence-electron chi connectivity index (χ4n) is 8.05. The van der Waals surface area contributed by atoms with Crippen molar-refractivity contribution in [3.05, 3.63) is 72.9 Å². The molecule has 3 unspecified atom stereocenters. The molecule has 0 saturated carbocycles. The fourth-order valence-corrected chi connectivity index (χ4v) is 8.79. The van der Waals surface area contributed by atoms with Crippen LogP contribution >= 0.6 is 7.82 Å². The van der Waals surface area contributed by atoms with Crippen LogP contribution < -0.4 is 5.32 Å². The van der Waals surface area contributed by atoms with Crippen molar-refractivity contribution in [3.63, 3.8) is 0 Å². The van der Waals surface area contributed by atoms with E-state index >= 15 is 0 Å². The van der Waals surface area contributed by atoms with E-state index in [2.05, 4.69) is 92.1 Å². The van der Waals surface area contributed by atoms with Crippen molar-refractivity contribution in [2.45, 2.75) is 257 Å². The van der Waals surface area contributed by atoms with Gasteiger partial charge in [0.1, 0.15) is 13.2 Å². The van der Waals surface area contributed by atoms with E-state index in [0.717, 1.165) is 77.0 Å². The van der Waals surface area contributed by atoms with Crippen LogP contribution in [0.15, 0.2) is 72.9 Å². The van der Waals surface area contributed by atoms with E-state index in [1.54, 1.807) is 0 Å². The summed E-state index contributed by atoms with van der Waals surface area (Å²) >= 11 is 0. The zero-order chi connectivity index (χ0) is 49.9. The zero-order valence-electron chi connectivity index (χ0n) is 45.1. The van der Waals surface area contributed by atoms with Gasteiger partial charge in [-0.15, -0.1) is 0 Å². The monoisotopic (exact) mass is 974 g/mol. The zero-order valence-corrected chi connectivity index (χ0v) is 46.0. The van der Waals surface area contributed by atoms with Crippen LogP contribution in [0.25, 0.3) is 0 Å². The minimum Gasteiger partial charge on any atom is -0.391 e. The highest BCUT2D eigenvalue weighted by Gasteiger charge is 2.28. The summed E-state index contributed by atoms with van der Waals surface area (Å²) in [5.41, 5.74) is 0. The van der Waals surface area contributed by atoms with Gasteiger partial charge in [-0.05, 0) is 64.2 Å². The van der Waals surface area contributed by atoms with Gasteiger partial charge in [0.15, 0.2) is 0 Å². The van der Waals surface area contributed by atoms with E-state index < -0.39 is 20.0 Å². The summed E-state index contributed by atoms with van der Waals surface area (Å²) in [6.07, 6.45) is 68.0. The number of carbonyl (C=O) groups excluding carboxylic acids is 1. The van der Waals surface area contributed by atoms with Gasteiger partial charge in [-0.1, -0.05) is 247 Å². The molecule has 68 heavy (non-hydrogen) atoms. The Morgan fingerprint density at radius 3 is 1.29 bits per heavy atom. The second-order valence-corrected chi connectivity index (χ2v) is 21.7. The Bertz CT molecular complexity index is 1330. The van der Waals surface area contributed by atoms with Crippen molar-refractivity contribution in [2.24, 2.45) is 0 Å². The number of nitrogens with one attached hydrogen (secondary N) is 1. The Kier molecular flexibility index (Phi) is 48.4. The van der Waals surface area contributed by atoms with Gasteiger partial charge < -0.3 is 19.8 Å². The molecule has 3 N–H and O–H groups in total. The molecule has 0 aliphatic carbocycles. The van der Waals surface area contributed by atoms with Gasteiger partial charge in [-0.2, -0.15) is 0 Å². The lowest BCUT2D eigenvalue weighted by Gasteiger charge is -2.26. The molecule has 0 bridgehead atoms. The number of phosphoric acid groups is 1. The molecule has 0 spiro atoms. The first-order valence-corrected chi connectivity index (χ1v) is 29.8. The molecular formula is C59H110N2O6P+. The van der Waals surface area contributed by atoms with Gasteiger partial charge in [-0.3, -0.25) is 13.8 Å². The fraction of sp³-hybridized carbons (Fsp3) is 0.780.